The highest BCUT2D eigenvalue weighted by Gasteiger charge is 2.10. The summed E-state index contributed by atoms with van der Waals surface area (Å²) in [7, 11) is 4.09. The predicted octanol–water partition coefficient (Wildman–Crippen LogP) is 1.90. The first-order chi connectivity index (χ1) is 8.24. The molecule has 1 rings (SSSR count). The van der Waals surface area contributed by atoms with Crippen molar-refractivity contribution in [1.29, 1.82) is 0 Å². The van der Waals surface area contributed by atoms with E-state index in [-0.39, 0.29) is 0 Å². The quantitative estimate of drug-likeness (QED) is 0.669. The maximum absolute atomic E-state index is 5.52. The van der Waals surface area contributed by atoms with Gasteiger partial charge in [0.15, 0.2) is 0 Å². The molecule has 4 heteroatoms. The second kappa shape index (κ2) is 8.28. The Labute approximate surface area is 104 Å². The van der Waals surface area contributed by atoms with Gasteiger partial charge in [-0.1, -0.05) is 6.92 Å². The minimum atomic E-state index is 0.294. The van der Waals surface area contributed by atoms with E-state index >= 15 is 0 Å². The molecule has 0 bridgehead atoms. The molecule has 0 aliphatic carbocycles. The Morgan fingerprint density at radius 2 is 2.24 bits per heavy atom. The van der Waals surface area contributed by atoms with Crippen molar-refractivity contribution < 1.29 is 9.15 Å². The summed E-state index contributed by atoms with van der Waals surface area (Å²) >= 11 is 0. The summed E-state index contributed by atoms with van der Waals surface area (Å²) in [5.74, 6) is 1.00. The SMILES string of the molecule is CCC(NCCOCCN(C)C)c1ccco1. The van der Waals surface area contributed by atoms with Crippen LogP contribution in [0.15, 0.2) is 22.8 Å². The molecule has 1 N–H and O–H groups in total. The molecule has 1 unspecified atom stereocenters. The van der Waals surface area contributed by atoms with Crippen molar-refractivity contribution in [2.24, 2.45) is 0 Å². The van der Waals surface area contributed by atoms with E-state index in [2.05, 4.69) is 17.1 Å². The van der Waals surface area contributed by atoms with Gasteiger partial charge in [-0.05, 0) is 32.6 Å². The van der Waals surface area contributed by atoms with Gasteiger partial charge in [0.05, 0.1) is 25.5 Å². The molecule has 0 aromatic carbocycles. The minimum absolute atomic E-state index is 0.294. The zero-order valence-electron chi connectivity index (χ0n) is 11.1. The molecular weight excluding hydrogens is 216 g/mol. The zero-order chi connectivity index (χ0) is 12.5. The van der Waals surface area contributed by atoms with Crippen LogP contribution in [-0.2, 0) is 4.74 Å². The molecule has 0 radical (unpaired) electrons. The molecule has 4 nitrogen and oxygen atoms in total. The summed E-state index contributed by atoms with van der Waals surface area (Å²) in [6, 6.07) is 4.23. The monoisotopic (exact) mass is 240 g/mol. The van der Waals surface area contributed by atoms with Gasteiger partial charge >= 0.3 is 0 Å². The Kier molecular flexibility index (Phi) is 6.93. The van der Waals surface area contributed by atoms with Gasteiger partial charge in [0.1, 0.15) is 5.76 Å². The van der Waals surface area contributed by atoms with Crippen molar-refractivity contribution in [1.82, 2.24) is 10.2 Å². The number of rotatable bonds is 9. The summed E-state index contributed by atoms with van der Waals surface area (Å²) in [5.41, 5.74) is 0. The Morgan fingerprint density at radius 1 is 1.41 bits per heavy atom. The second-order valence-corrected chi connectivity index (χ2v) is 4.35. The van der Waals surface area contributed by atoms with Crippen molar-refractivity contribution in [3.63, 3.8) is 0 Å². The maximum atomic E-state index is 5.52. The highest BCUT2D eigenvalue weighted by Crippen LogP contribution is 2.15. The molecule has 0 saturated carbocycles. The number of nitrogens with one attached hydrogen (secondary N) is 1. The lowest BCUT2D eigenvalue weighted by Gasteiger charge is -2.15. The lowest BCUT2D eigenvalue weighted by atomic mass is 10.2. The lowest BCUT2D eigenvalue weighted by Crippen LogP contribution is -2.26. The van der Waals surface area contributed by atoms with Gasteiger partial charge in [-0.3, -0.25) is 0 Å². The van der Waals surface area contributed by atoms with E-state index in [0.29, 0.717) is 6.04 Å². The number of hydrogen-bond acceptors (Lipinski definition) is 4. The number of likely N-dealkylation sites (N-methyl/N-ethyl adjacent to an activating group) is 1. The smallest absolute Gasteiger partial charge is 0.120 e. The normalized spacial score (nSPS) is 13.2. The van der Waals surface area contributed by atoms with Crippen LogP contribution in [-0.4, -0.2) is 45.3 Å². The van der Waals surface area contributed by atoms with Gasteiger partial charge in [0, 0.05) is 13.1 Å². The van der Waals surface area contributed by atoms with Crippen LogP contribution in [0.2, 0.25) is 0 Å². The van der Waals surface area contributed by atoms with Crippen LogP contribution in [0.25, 0.3) is 0 Å². The Hall–Kier alpha value is -0.840. The van der Waals surface area contributed by atoms with Crippen molar-refractivity contribution >= 4 is 0 Å². The number of furan rings is 1. The summed E-state index contributed by atoms with van der Waals surface area (Å²) in [6.45, 7) is 5.49. The van der Waals surface area contributed by atoms with Gasteiger partial charge in [0.25, 0.3) is 0 Å². The molecule has 17 heavy (non-hydrogen) atoms. The third-order valence-electron chi connectivity index (χ3n) is 2.61. The van der Waals surface area contributed by atoms with Gasteiger partial charge < -0.3 is 19.4 Å². The number of ether oxygens (including phenoxy) is 1. The van der Waals surface area contributed by atoms with E-state index in [9.17, 15) is 0 Å². The van der Waals surface area contributed by atoms with E-state index in [1.807, 2.05) is 26.2 Å². The van der Waals surface area contributed by atoms with E-state index in [1.165, 1.54) is 0 Å². The first-order valence-corrected chi connectivity index (χ1v) is 6.23. The van der Waals surface area contributed by atoms with Crippen molar-refractivity contribution in [2.45, 2.75) is 19.4 Å². The summed E-state index contributed by atoms with van der Waals surface area (Å²) in [4.78, 5) is 2.12. The van der Waals surface area contributed by atoms with Crippen LogP contribution in [0, 0.1) is 0 Å². The highest BCUT2D eigenvalue weighted by molar-refractivity contribution is 5.03. The largest absolute Gasteiger partial charge is 0.468 e. The average Bonchev–Trinajstić information content (AvgIpc) is 2.81. The Balaban J connectivity index is 2.08. The molecule has 0 aliphatic rings. The second-order valence-electron chi connectivity index (χ2n) is 4.35. The van der Waals surface area contributed by atoms with Gasteiger partial charge in [-0.2, -0.15) is 0 Å². The average molecular weight is 240 g/mol. The maximum Gasteiger partial charge on any atom is 0.120 e. The first-order valence-electron chi connectivity index (χ1n) is 6.23. The molecule has 0 saturated heterocycles. The van der Waals surface area contributed by atoms with Crippen molar-refractivity contribution in [2.75, 3.05) is 40.4 Å². The van der Waals surface area contributed by atoms with Crippen molar-refractivity contribution in [3.05, 3.63) is 24.2 Å². The lowest BCUT2D eigenvalue weighted by molar-refractivity contribution is 0.117. The molecule has 0 amide bonds. The van der Waals surface area contributed by atoms with E-state index in [0.717, 1.165) is 38.5 Å². The van der Waals surface area contributed by atoms with E-state index < -0.39 is 0 Å². The molecular formula is C13H24N2O2. The van der Waals surface area contributed by atoms with Crippen LogP contribution >= 0.6 is 0 Å². The standard InChI is InChI=1S/C13H24N2O2/c1-4-12(13-6-5-9-17-13)14-7-10-16-11-8-15(2)3/h5-6,9,12,14H,4,7-8,10-11H2,1-3H3. The third kappa shape index (κ3) is 5.86. The fourth-order valence-electron chi connectivity index (χ4n) is 1.59. The van der Waals surface area contributed by atoms with Crippen LogP contribution in [0.4, 0.5) is 0 Å². The van der Waals surface area contributed by atoms with E-state index in [4.69, 9.17) is 9.15 Å². The van der Waals surface area contributed by atoms with Crippen LogP contribution < -0.4 is 5.32 Å². The molecule has 98 valence electrons. The van der Waals surface area contributed by atoms with E-state index in [1.54, 1.807) is 6.26 Å². The molecule has 1 heterocycles. The number of nitrogens with zero attached hydrogens (tertiary/aromatic N) is 1. The predicted molar refractivity (Wildman–Crippen MR) is 69.1 cm³/mol. The van der Waals surface area contributed by atoms with Crippen LogP contribution in [0.3, 0.4) is 0 Å². The summed E-state index contributed by atoms with van der Waals surface area (Å²) in [5, 5.41) is 3.43. The fourth-order valence-corrected chi connectivity index (χ4v) is 1.59. The number of hydrogen-bond donors (Lipinski definition) is 1. The molecule has 1 aromatic heterocycles. The van der Waals surface area contributed by atoms with Crippen LogP contribution in [0.5, 0.6) is 0 Å². The molecule has 0 fully saturated rings. The fraction of sp³-hybridized carbons (Fsp3) is 0.692. The molecule has 1 aromatic rings. The Morgan fingerprint density at radius 3 is 2.82 bits per heavy atom. The molecule has 1 atom stereocenters. The third-order valence-corrected chi connectivity index (χ3v) is 2.61. The van der Waals surface area contributed by atoms with Gasteiger partial charge in [-0.25, -0.2) is 0 Å². The minimum Gasteiger partial charge on any atom is -0.468 e. The summed E-state index contributed by atoms with van der Waals surface area (Å²) < 4.78 is 10.9. The molecule has 0 spiro atoms. The molecule has 0 aliphatic heterocycles. The summed E-state index contributed by atoms with van der Waals surface area (Å²) in [6.07, 6.45) is 2.73. The van der Waals surface area contributed by atoms with Gasteiger partial charge in [0.2, 0.25) is 0 Å². The Bertz CT molecular complexity index is 273. The van der Waals surface area contributed by atoms with Gasteiger partial charge in [-0.15, -0.1) is 0 Å². The van der Waals surface area contributed by atoms with Crippen molar-refractivity contribution in [3.8, 4) is 0 Å². The first kappa shape index (κ1) is 14.2. The van der Waals surface area contributed by atoms with Crippen LogP contribution in [0.1, 0.15) is 25.1 Å². The zero-order valence-corrected chi connectivity index (χ0v) is 11.1. The topological polar surface area (TPSA) is 37.6 Å². The highest BCUT2D eigenvalue weighted by atomic mass is 16.5.